The number of aliphatic hydroxyl groups excluding tert-OH is 2. The molecule has 3 rings (SSSR count). The third-order valence-corrected chi connectivity index (χ3v) is 4.86. The van der Waals surface area contributed by atoms with Gasteiger partial charge in [-0.1, -0.05) is 0 Å². The summed E-state index contributed by atoms with van der Waals surface area (Å²) in [6, 6.07) is 6.50. The molecule has 1 unspecified atom stereocenters. The van der Waals surface area contributed by atoms with Crippen LogP contribution in [0.5, 0.6) is 0 Å². The molecule has 4 nitrogen and oxygen atoms in total. The van der Waals surface area contributed by atoms with Crippen molar-refractivity contribution in [2.75, 3.05) is 25.0 Å². The molecule has 0 saturated carbocycles. The Morgan fingerprint density at radius 1 is 1.16 bits per heavy atom. The summed E-state index contributed by atoms with van der Waals surface area (Å²) in [5.41, 5.74) is -0.219. The maximum atomic E-state index is 14.3. The molecule has 0 aromatic heterocycles. The molecule has 8 heteroatoms. The van der Waals surface area contributed by atoms with Crippen LogP contribution in [0, 0.1) is 26.9 Å². The lowest BCUT2D eigenvalue weighted by molar-refractivity contribution is -0.0783. The van der Waals surface area contributed by atoms with Crippen molar-refractivity contribution in [2.24, 2.45) is 5.92 Å². The van der Waals surface area contributed by atoms with Gasteiger partial charge in [0.15, 0.2) is 11.6 Å². The van der Waals surface area contributed by atoms with Crippen molar-refractivity contribution in [3.63, 3.8) is 0 Å². The first-order valence-electron chi connectivity index (χ1n) is 7.63. The van der Waals surface area contributed by atoms with E-state index in [1.165, 1.54) is 18.2 Å². The predicted octanol–water partition coefficient (Wildman–Crippen LogP) is 3.37. The van der Waals surface area contributed by atoms with Gasteiger partial charge in [-0.05, 0) is 52.9 Å². The zero-order chi connectivity index (χ0) is 18.1. The lowest BCUT2D eigenvalue weighted by Gasteiger charge is -2.41. The van der Waals surface area contributed by atoms with Gasteiger partial charge in [0.1, 0.15) is 12.0 Å². The smallest absolute Gasteiger partial charge is 0.182 e. The average Bonchev–Trinajstić information content (AvgIpc) is 2.53. The number of nitrogens with one attached hydrogen (secondary N) is 1. The number of aliphatic hydroxyl groups is 2. The standard InChI is InChI=1S/C17H16F3IN2O2/c18-12-3-2-11(17(25)23-6-9(7-23)8-24)16(15(12)20)22-14-4-1-10(21)5-13(14)19/h1-5,9,17,22,24-25H,6-8H2. The van der Waals surface area contributed by atoms with Crippen LogP contribution in [-0.4, -0.2) is 34.8 Å². The Morgan fingerprint density at radius 2 is 1.88 bits per heavy atom. The highest BCUT2D eigenvalue weighted by atomic mass is 127. The van der Waals surface area contributed by atoms with Crippen molar-refractivity contribution in [2.45, 2.75) is 6.23 Å². The van der Waals surface area contributed by atoms with Gasteiger partial charge in [-0.3, -0.25) is 4.90 Å². The van der Waals surface area contributed by atoms with Crippen LogP contribution < -0.4 is 5.32 Å². The van der Waals surface area contributed by atoms with Crippen LogP contribution in [0.15, 0.2) is 30.3 Å². The third-order valence-electron chi connectivity index (χ3n) is 4.19. The summed E-state index contributed by atoms with van der Waals surface area (Å²) in [4.78, 5) is 1.61. The molecule has 2 aromatic rings. The number of hydrogen-bond donors (Lipinski definition) is 3. The maximum Gasteiger partial charge on any atom is 0.182 e. The van der Waals surface area contributed by atoms with Crippen molar-refractivity contribution < 1.29 is 23.4 Å². The summed E-state index contributed by atoms with van der Waals surface area (Å²) in [7, 11) is 0. The van der Waals surface area contributed by atoms with Gasteiger partial charge in [0.2, 0.25) is 0 Å². The van der Waals surface area contributed by atoms with Crippen molar-refractivity contribution in [1.82, 2.24) is 4.90 Å². The van der Waals surface area contributed by atoms with Crippen LogP contribution >= 0.6 is 22.6 Å². The van der Waals surface area contributed by atoms with Crippen molar-refractivity contribution >= 4 is 34.0 Å². The number of rotatable bonds is 5. The highest BCUT2D eigenvalue weighted by molar-refractivity contribution is 14.1. The molecule has 0 spiro atoms. The normalized spacial score (nSPS) is 16.6. The second-order valence-electron chi connectivity index (χ2n) is 5.95. The van der Waals surface area contributed by atoms with Crippen LogP contribution in [0.2, 0.25) is 0 Å². The SMILES string of the molecule is OCC1CN(C(O)c2ccc(F)c(F)c2Nc2ccc(I)cc2F)C1. The van der Waals surface area contributed by atoms with Crippen molar-refractivity contribution in [1.29, 1.82) is 0 Å². The van der Waals surface area contributed by atoms with E-state index in [-0.39, 0.29) is 29.5 Å². The minimum Gasteiger partial charge on any atom is -0.396 e. The zero-order valence-corrected chi connectivity index (χ0v) is 15.2. The minimum absolute atomic E-state index is 0.0000317. The minimum atomic E-state index is -1.19. The monoisotopic (exact) mass is 464 g/mol. The largest absolute Gasteiger partial charge is 0.396 e. The van der Waals surface area contributed by atoms with Crippen molar-refractivity contribution in [3.8, 4) is 0 Å². The molecule has 0 amide bonds. The second kappa shape index (κ2) is 7.48. The van der Waals surface area contributed by atoms with Gasteiger partial charge in [-0.2, -0.15) is 0 Å². The lowest BCUT2D eigenvalue weighted by atomic mass is 9.98. The first-order chi connectivity index (χ1) is 11.9. The van der Waals surface area contributed by atoms with E-state index < -0.39 is 23.7 Å². The number of nitrogens with zero attached hydrogens (tertiary/aromatic N) is 1. The second-order valence-corrected chi connectivity index (χ2v) is 7.20. The molecule has 0 aliphatic carbocycles. The van der Waals surface area contributed by atoms with Gasteiger partial charge < -0.3 is 15.5 Å². The molecule has 1 aliphatic heterocycles. The summed E-state index contributed by atoms with van der Waals surface area (Å²) >= 11 is 1.94. The first-order valence-corrected chi connectivity index (χ1v) is 8.71. The number of halogens is 4. The maximum absolute atomic E-state index is 14.3. The van der Waals surface area contributed by atoms with E-state index in [0.29, 0.717) is 16.7 Å². The molecule has 3 N–H and O–H groups in total. The summed E-state index contributed by atoms with van der Waals surface area (Å²) < 4.78 is 42.7. The van der Waals surface area contributed by atoms with E-state index in [1.54, 1.807) is 11.0 Å². The average molecular weight is 464 g/mol. The predicted molar refractivity (Wildman–Crippen MR) is 95.9 cm³/mol. The molecule has 1 saturated heterocycles. The summed E-state index contributed by atoms with van der Waals surface area (Å²) in [5, 5.41) is 22.1. The Kier molecular flexibility index (Phi) is 5.52. The number of anilines is 2. The van der Waals surface area contributed by atoms with E-state index in [4.69, 9.17) is 5.11 Å². The van der Waals surface area contributed by atoms with Crippen LogP contribution in [0.25, 0.3) is 0 Å². The van der Waals surface area contributed by atoms with E-state index >= 15 is 0 Å². The number of hydrogen-bond acceptors (Lipinski definition) is 4. The first kappa shape index (κ1) is 18.4. The molecule has 1 aliphatic rings. The van der Waals surface area contributed by atoms with Gasteiger partial charge in [0.05, 0.1) is 11.4 Å². The molecular formula is C17H16F3IN2O2. The van der Waals surface area contributed by atoms with Crippen molar-refractivity contribution in [3.05, 3.63) is 56.9 Å². The van der Waals surface area contributed by atoms with Crippen LogP contribution in [0.4, 0.5) is 24.5 Å². The molecular weight excluding hydrogens is 448 g/mol. The quantitative estimate of drug-likeness (QED) is 0.595. The number of benzene rings is 2. The molecule has 2 aromatic carbocycles. The van der Waals surface area contributed by atoms with Gasteiger partial charge in [-0.25, -0.2) is 13.2 Å². The fourth-order valence-electron chi connectivity index (χ4n) is 2.75. The van der Waals surface area contributed by atoms with E-state index in [2.05, 4.69) is 5.32 Å². The van der Waals surface area contributed by atoms with Crippen LogP contribution in [-0.2, 0) is 0 Å². The van der Waals surface area contributed by atoms with E-state index in [9.17, 15) is 18.3 Å². The van der Waals surface area contributed by atoms with E-state index in [1.807, 2.05) is 22.6 Å². The molecule has 25 heavy (non-hydrogen) atoms. The van der Waals surface area contributed by atoms with Gasteiger partial charge in [0, 0.05) is 34.7 Å². The Morgan fingerprint density at radius 3 is 2.52 bits per heavy atom. The summed E-state index contributed by atoms with van der Waals surface area (Å²) in [6.07, 6.45) is -1.19. The number of likely N-dealkylation sites (tertiary alicyclic amines) is 1. The summed E-state index contributed by atoms with van der Waals surface area (Å²) in [6.45, 7) is 0.877. The Bertz CT molecular complexity index is 785. The lowest BCUT2D eigenvalue weighted by Crippen LogP contribution is -2.50. The Balaban J connectivity index is 1.93. The van der Waals surface area contributed by atoms with Crippen LogP contribution in [0.3, 0.4) is 0 Å². The molecule has 1 heterocycles. The Labute approximate surface area is 156 Å². The van der Waals surface area contributed by atoms with E-state index in [0.717, 1.165) is 6.07 Å². The molecule has 1 fully saturated rings. The fourth-order valence-corrected chi connectivity index (χ4v) is 3.21. The summed E-state index contributed by atoms with van der Waals surface area (Å²) in [5.74, 6) is -2.85. The molecule has 134 valence electrons. The molecule has 1 atom stereocenters. The van der Waals surface area contributed by atoms with Gasteiger partial charge in [0.25, 0.3) is 0 Å². The molecule has 0 bridgehead atoms. The van der Waals surface area contributed by atoms with Crippen LogP contribution in [0.1, 0.15) is 11.8 Å². The zero-order valence-electron chi connectivity index (χ0n) is 13.0. The fraction of sp³-hybridized carbons (Fsp3) is 0.294. The highest BCUT2D eigenvalue weighted by Crippen LogP contribution is 2.35. The highest BCUT2D eigenvalue weighted by Gasteiger charge is 2.33. The molecule has 0 radical (unpaired) electrons. The third kappa shape index (κ3) is 3.76. The van der Waals surface area contributed by atoms with Gasteiger partial charge >= 0.3 is 0 Å². The topological polar surface area (TPSA) is 55.7 Å². The van der Waals surface area contributed by atoms with Gasteiger partial charge in [-0.15, -0.1) is 0 Å². The Hall–Kier alpha value is -1.36.